The van der Waals surface area contributed by atoms with Crippen molar-refractivity contribution in [2.75, 3.05) is 19.6 Å². The normalized spacial score (nSPS) is 21.9. The Morgan fingerprint density at radius 3 is 2.28 bits per heavy atom. The molecule has 2 aliphatic heterocycles. The average molecular weight is 592 g/mol. The first-order valence-corrected chi connectivity index (χ1v) is 15.9. The summed E-state index contributed by atoms with van der Waals surface area (Å²) in [4.78, 5) is 42.7. The molecule has 1 spiro atoms. The standard InChI is InChI=1S/C34H45N3O6/c1-2-3-19-37-31(39)29(30(38)26-7-5-4-6-8-26)35-33(42)34(37)17-20-36(21-18-34)22-24-11-15-28(16-12-24)43-23-25-9-13-27(14-10-25)32(40)41/h9-16,26,29-30,38H,2-8,17-23H2,1H3,(H,35,42)(H,40,41)/t29-,30-/m1/s1. The Bertz CT molecular complexity index is 1250. The minimum atomic E-state index is -0.949. The van der Waals surface area contributed by atoms with Crippen LogP contribution in [-0.2, 0) is 22.7 Å². The Balaban J connectivity index is 1.17. The molecule has 0 unspecified atom stereocenters. The summed E-state index contributed by atoms with van der Waals surface area (Å²) in [6, 6.07) is 13.7. The number of nitrogens with one attached hydrogen (secondary N) is 1. The lowest BCUT2D eigenvalue weighted by molar-refractivity contribution is -0.166. The van der Waals surface area contributed by atoms with Crippen LogP contribution >= 0.6 is 0 Å². The van der Waals surface area contributed by atoms with Crippen molar-refractivity contribution in [2.24, 2.45) is 5.92 Å². The fraction of sp³-hybridized carbons (Fsp3) is 0.559. The van der Waals surface area contributed by atoms with Gasteiger partial charge < -0.3 is 25.2 Å². The Morgan fingerprint density at radius 1 is 1.00 bits per heavy atom. The number of nitrogens with zero attached hydrogens (tertiary/aromatic N) is 2. The Labute approximate surface area is 254 Å². The average Bonchev–Trinajstić information content (AvgIpc) is 3.03. The number of carbonyl (C=O) groups is 3. The van der Waals surface area contributed by atoms with Gasteiger partial charge in [-0.3, -0.25) is 14.5 Å². The summed E-state index contributed by atoms with van der Waals surface area (Å²) in [7, 11) is 0. The molecule has 5 rings (SSSR count). The van der Waals surface area contributed by atoms with Crippen molar-refractivity contribution in [3.8, 4) is 5.75 Å². The molecular weight excluding hydrogens is 546 g/mol. The van der Waals surface area contributed by atoms with Crippen molar-refractivity contribution in [3.63, 3.8) is 0 Å². The molecular formula is C34H45N3O6. The number of amides is 2. The number of carboxylic acid groups (broad SMARTS) is 1. The minimum Gasteiger partial charge on any atom is -0.489 e. The molecule has 0 radical (unpaired) electrons. The van der Waals surface area contributed by atoms with Crippen LogP contribution in [0.25, 0.3) is 0 Å². The van der Waals surface area contributed by atoms with Crippen LogP contribution in [0.3, 0.4) is 0 Å². The number of benzene rings is 2. The molecule has 232 valence electrons. The zero-order valence-corrected chi connectivity index (χ0v) is 25.2. The van der Waals surface area contributed by atoms with Gasteiger partial charge in [0.05, 0.1) is 11.7 Å². The lowest BCUT2D eigenvalue weighted by Crippen LogP contribution is -2.75. The summed E-state index contributed by atoms with van der Waals surface area (Å²) in [5, 5.41) is 23.2. The highest BCUT2D eigenvalue weighted by molar-refractivity contribution is 6.00. The predicted octanol–water partition coefficient (Wildman–Crippen LogP) is 4.37. The Kier molecular flexibility index (Phi) is 10.0. The molecule has 2 heterocycles. The number of hydrogen-bond acceptors (Lipinski definition) is 6. The van der Waals surface area contributed by atoms with E-state index in [9.17, 15) is 19.5 Å². The summed E-state index contributed by atoms with van der Waals surface area (Å²) in [6.45, 7) is 5.12. The lowest BCUT2D eigenvalue weighted by atomic mass is 9.78. The summed E-state index contributed by atoms with van der Waals surface area (Å²) < 4.78 is 5.88. The highest BCUT2D eigenvalue weighted by Crippen LogP contribution is 2.36. The monoisotopic (exact) mass is 591 g/mol. The van der Waals surface area contributed by atoms with Crippen molar-refractivity contribution in [3.05, 3.63) is 65.2 Å². The van der Waals surface area contributed by atoms with Crippen LogP contribution in [0.1, 0.15) is 86.2 Å². The molecule has 2 aromatic carbocycles. The van der Waals surface area contributed by atoms with Crippen molar-refractivity contribution >= 4 is 17.8 Å². The fourth-order valence-corrected chi connectivity index (χ4v) is 6.90. The number of aromatic carboxylic acids is 1. The summed E-state index contributed by atoms with van der Waals surface area (Å²) in [5.74, 6) is -0.379. The minimum absolute atomic E-state index is 0.0640. The number of aliphatic hydroxyl groups is 1. The smallest absolute Gasteiger partial charge is 0.335 e. The third kappa shape index (κ3) is 7.04. The molecule has 2 atom stereocenters. The van der Waals surface area contributed by atoms with Crippen molar-refractivity contribution in [1.29, 1.82) is 0 Å². The topological polar surface area (TPSA) is 119 Å². The summed E-state index contributed by atoms with van der Waals surface area (Å²) >= 11 is 0. The van der Waals surface area contributed by atoms with Crippen molar-refractivity contribution in [1.82, 2.24) is 15.1 Å². The first-order chi connectivity index (χ1) is 20.8. The second-order valence-electron chi connectivity index (χ2n) is 12.4. The van der Waals surface area contributed by atoms with Gasteiger partial charge in [0.25, 0.3) is 0 Å². The van der Waals surface area contributed by atoms with E-state index in [4.69, 9.17) is 9.84 Å². The fourth-order valence-electron chi connectivity index (χ4n) is 6.90. The number of carboxylic acids is 1. The molecule has 1 saturated carbocycles. The van der Waals surface area contributed by atoms with Crippen LogP contribution in [0, 0.1) is 5.92 Å². The number of unbranched alkanes of at least 4 members (excludes halogenated alkanes) is 1. The number of likely N-dealkylation sites (tertiary alicyclic amines) is 1. The molecule has 3 fully saturated rings. The second-order valence-corrected chi connectivity index (χ2v) is 12.4. The van der Waals surface area contributed by atoms with Crippen LogP contribution < -0.4 is 10.1 Å². The summed E-state index contributed by atoms with van der Waals surface area (Å²) in [6.07, 6.45) is 7.19. The molecule has 1 aliphatic carbocycles. The molecule has 3 aliphatic rings. The number of carbonyl (C=O) groups excluding carboxylic acids is 2. The second kappa shape index (κ2) is 13.9. The van der Waals surface area contributed by atoms with Gasteiger partial charge in [0.1, 0.15) is 23.9 Å². The van der Waals surface area contributed by atoms with Crippen LogP contribution in [0.4, 0.5) is 0 Å². The van der Waals surface area contributed by atoms with Gasteiger partial charge in [0, 0.05) is 26.2 Å². The molecule has 2 aromatic rings. The van der Waals surface area contributed by atoms with Gasteiger partial charge in [-0.2, -0.15) is 0 Å². The quantitative estimate of drug-likeness (QED) is 0.355. The largest absolute Gasteiger partial charge is 0.489 e. The molecule has 0 bridgehead atoms. The van der Waals surface area contributed by atoms with E-state index in [0.717, 1.165) is 61.9 Å². The zero-order chi connectivity index (χ0) is 30.4. The van der Waals surface area contributed by atoms with Gasteiger partial charge in [-0.15, -0.1) is 0 Å². The van der Waals surface area contributed by atoms with E-state index < -0.39 is 23.7 Å². The number of hydrogen-bond donors (Lipinski definition) is 3. The third-order valence-corrected chi connectivity index (χ3v) is 9.59. The number of ether oxygens (including phenoxy) is 1. The van der Waals surface area contributed by atoms with E-state index in [1.807, 2.05) is 29.2 Å². The van der Waals surface area contributed by atoms with Gasteiger partial charge in [-0.05, 0) is 73.4 Å². The van der Waals surface area contributed by atoms with Gasteiger partial charge in [0.2, 0.25) is 11.8 Å². The van der Waals surface area contributed by atoms with E-state index >= 15 is 0 Å². The third-order valence-electron chi connectivity index (χ3n) is 9.59. The molecule has 2 saturated heterocycles. The molecule has 43 heavy (non-hydrogen) atoms. The number of aliphatic hydroxyl groups excluding tert-OH is 1. The highest BCUT2D eigenvalue weighted by Gasteiger charge is 2.55. The lowest BCUT2D eigenvalue weighted by Gasteiger charge is -2.52. The number of piperazine rings is 1. The molecule has 0 aromatic heterocycles. The van der Waals surface area contributed by atoms with E-state index in [1.54, 1.807) is 24.3 Å². The van der Waals surface area contributed by atoms with Gasteiger partial charge in [-0.1, -0.05) is 56.9 Å². The highest BCUT2D eigenvalue weighted by atomic mass is 16.5. The zero-order valence-electron chi connectivity index (χ0n) is 25.2. The first kappa shape index (κ1) is 31.0. The molecule has 3 N–H and O–H groups in total. The van der Waals surface area contributed by atoms with Crippen LogP contribution in [-0.4, -0.2) is 75.1 Å². The van der Waals surface area contributed by atoms with Gasteiger partial charge in [0.15, 0.2) is 0 Å². The van der Waals surface area contributed by atoms with Crippen LogP contribution in [0.5, 0.6) is 5.75 Å². The predicted molar refractivity (Wildman–Crippen MR) is 163 cm³/mol. The first-order valence-electron chi connectivity index (χ1n) is 15.9. The van der Waals surface area contributed by atoms with E-state index in [-0.39, 0.29) is 23.3 Å². The van der Waals surface area contributed by atoms with Crippen LogP contribution in [0.15, 0.2) is 48.5 Å². The maximum Gasteiger partial charge on any atom is 0.335 e. The maximum atomic E-state index is 13.8. The van der Waals surface area contributed by atoms with Crippen LogP contribution in [0.2, 0.25) is 0 Å². The summed E-state index contributed by atoms with van der Waals surface area (Å²) in [5.41, 5.74) is 1.42. The van der Waals surface area contributed by atoms with Gasteiger partial charge >= 0.3 is 5.97 Å². The maximum absolute atomic E-state index is 13.8. The Hall–Kier alpha value is -3.43. The van der Waals surface area contributed by atoms with Gasteiger partial charge in [-0.25, -0.2) is 4.79 Å². The van der Waals surface area contributed by atoms with E-state index in [1.165, 1.54) is 6.42 Å². The molecule has 2 amide bonds. The van der Waals surface area contributed by atoms with E-state index in [2.05, 4.69) is 17.1 Å². The number of piperidine rings is 1. The van der Waals surface area contributed by atoms with Crippen molar-refractivity contribution < 1.29 is 29.3 Å². The molecule has 9 heteroatoms. The molecule has 9 nitrogen and oxygen atoms in total. The van der Waals surface area contributed by atoms with E-state index in [0.29, 0.717) is 39.1 Å². The SMILES string of the molecule is CCCCN1C(=O)[C@@H]([C@H](O)C2CCCCC2)NC(=O)C12CCN(Cc1ccc(OCc3ccc(C(=O)O)cc3)cc1)CC2. The number of rotatable bonds is 11. The van der Waals surface area contributed by atoms with Crippen molar-refractivity contribution in [2.45, 2.75) is 95.5 Å². The Morgan fingerprint density at radius 2 is 1.65 bits per heavy atom.